The highest BCUT2D eigenvalue weighted by molar-refractivity contribution is 5.85. The number of carbonyl (C=O) groups is 5. The van der Waals surface area contributed by atoms with E-state index in [1.807, 2.05) is 45.8 Å². The summed E-state index contributed by atoms with van der Waals surface area (Å²) in [6.07, 6.45) is 3.12. The summed E-state index contributed by atoms with van der Waals surface area (Å²) in [7, 11) is 3.67. The van der Waals surface area contributed by atoms with E-state index in [-0.39, 0.29) is 43.2 Å². The van der Waals surface area contributed by atoms with Gasteiger partial charge in [0.2, 0.25) is 0 Å². The lowest BCUT2D eigenvalue weighted by Crippen LogP contribution is -2.61. The number of hydrogen-bond acceptors (Lipinski definition) is 15. The van der Waals surface area contributed by atoms with Gasteiger partial charge in [0.1, 0.15) is 41.6 Å². The lowest BCUT2D eigenvalue weighted by Gasteiger charge is -2.48. The summed E-state index contributed by atoms with van der Waals surface area (Å²) in [5.74, 6) is -5.16. The van der Waals surface area contributed by atoms with Crippen molar-refractivity contribution in [2.45, 2.75) is 168 Å². The average molecular weight is 900 g/mol. The molecule has 3 fully saturated rings. The number of carbonyl (C=O) groups excluding carboxylic acids is 5. The van der Waals surface area contributed by atoms with Gasteiger partial charge in [-0.2, -0.15) is 0 Å². The number of ketones is 1. The number of ether oxygens (including phenoxy) is 6. The number of aliphatic hydroxyl groups is 1. The van der Waals surface area contributed by atoms with Crippen LogP contribution in [0, 0.1) is 29.6 Å². The third kappa shape index (κ3) is 12.5. The van der Waals surface area contributed by atoms with Crippen LogP contribution in [0.25, 0.3) is 6.08 Å². The molecule has 3 saturated heterocycles. The number of esters is 2. The highest BCUT2D eigenvalue weighted by atomic mass is 16.7. The number of rotatable bonds is 12. The second-order valence-corrected chi connectivity index (χ2v) is 19.1. The number of nitrogens with one attached hydrogen (secondary N) is 2. The minimum absolute atomic E-state index is 0.0528. The standard InChI is InChI=1S/C47H73N5O12/c1-15-34-47(12)38(51-45(58)64-47)29(8)35(53)27(6)22-46(11,63-44(57)48-20-18-16-17-19-32-23-49-40(25(2)3)50-24-32)39(62-43-36(54)33(52(13)14)21-28(7)59-43)30(9)37(31(10)42(56)60-34)61-41(55)26(4)5/h16-19,23-31,33-34,36-39,43,54H,15,20-22H2,1-14H3,(H,48,57)(H,51,58)/t27-,28-,29+,30+,31-,33+,34-,36-,37+,38-,39-,43+,46-,47-/m1/s1. The highest BCUT2D eigenvalue weighted by Gasteiger charge is 2.58. The Morgan fingerprint density at radius 1 is 1.03 bits per heavy atom. The maximum Gasteiger partial charge on any atom is 0.408 e. The molecule has 3 N–H and O–H groups in total. The number of fused-ring (bicyclic) bond motifs is 1. The Morgan fingerprint density at radius 3 is 2.28 bits per heavy atom. The first-order chi connectivity index (χ1) is 29.9. The van der Waals surface area contributed by atoms with E-state index in [2.05, 4.69) is 20.6 Å². The molecule has 0 aliphatic carbocycles. The Kier molecular flexibility index (Phi) is 18.1. The molecule has 4 heterocycles. The van der Waals surface area contributed by atoms with Crippen molar-refractivity contribution in [3.8, 4) is 0 Å². The van der Waals surface area contributed by atoms with Crippen molar-refractivity contribution in [2.75, 3.05) is 20.6 Å². The predicted octanol–water partition coefficient (Wildman–Crippen LogP) is 5.74. The van der Waals surface area contributed by atoms with Gasteiger partial charge in [-0.15, -0.1) is 0 Å². The van der Waals surface area contributed by atoms with Gasteiger partial charge in [0.25, 0.3) is 0 Å². The van der Waals surface area contributed by atoms with E-state index in [1.165, 1.54) is 0 Å². The van der Waals surface area contributed by atoms with E-state index in [1.54, 1.807) is 92.9 Å². The van der Waals surface area contributed by atoms with Gasteiger partial charge in [-0.05, 0) is 61.1 Å². The Bertz CT molecular complexity index is 1840. The van der Waals surface area contributed by atoms with Crippen LogP contribution in [0.2, 0.25) is 0 Å². The Morgan fingerprint density at radius 2 is 1.69 bits per heavy atom. The molecule has 4 rings (SSSR count). The van der Waals surface area contributed by atoms with Gasteiger partial charge >= 0.3 is 24.1 Å². The van der Waals surface area contributed by atoms with Crippen LogP contribution in [0.3, 0.4) is 0 Å². The zero-order valence-corrected chi connectivity index (χ0v) is 40.2. The monoisotopic (exact) mass is 900 g/mol. The number of allylic oxidation sites excluding steroid dienone is 2. The first kappa shape index (κ1) is 52.2. The minimum atomic E-state index is -1.73. The van der Waals surface area contributed by atoms with Gasteiger partial charge in [-0.1, -0.05) is 79.7 Å². The summed E-state index contributed by atoms with van der Waals surface area (Å²) in [5, 5.41) is 17.3. The molecule has 3 aliphatic heterocycles. The van der Waals surface area contributed by atoms with Crippen molar-refractivity contribution in [1.82, 2.24) is 25.5 Å². The van der Waals surface area contributed by atoms with Crippen LogP contribution in [0.4, 0.5) is 9.59 Å². The van der Waals surface area contributed by atoms with Gasteiger partial charge in [-0.25, -0.2) is 19.6 Å². The van der Waals surface area contributed by atoms with Crippen LogP contribution < -0.4 is 10.6 Å². The fourth-order valence-corrected chi connectivity index (χ4v) is 9.14. The number of aliphatic hydroxyl groups excluding tert-OH is 1. The predicted molar refractivity (Wildman–Crippen MR) is 237 cm³/mol. The number of nitrogens with zero attached hydrogens (tertiary/aromatic N) is 3. The number of cyclic esters (lactones) is 1. The second-order valence-electron chi connectivity index (χ2n) is 19.1. The zero-order chi connectivity index (χ0) is 47.8. The molecule has 358 valence electrons. The molecule has 64 heavy (non-hydrogen) atoms. The van der Waals surface area contributed by atoms with Crippen LogP contribution in [-0.2, 0) is 42.8 Å². The van der Waals surface area contributed by atoms with E-state index < -0.39 is 102 Å². The Labute approximate surface area is 378 Å². The second kappa shape index (κ2) is 22.2. The van der Waals surface area contributed by atoms with Crippen LogP contribution in [0.5, 0.6) is 0 Å². The van der Waals surface area contributed by atoms with E-state index in [4.69, 9.17) is 28.4 Å². The van der Waals surface area contributed by atoms with Crippen LogP contribution in [-0.4, -0.2) is 131 Å². The number of likely N-dealkylation sites (N-methyl/N-ethyl adjacent to an activating group) is 1. The zero-order valence-electron chi connectivity index (χ0n) is 40.2. The highest BCUT2D eigenvalue weighted by Crippen LogP contribution is 2.42. The number of Topliss-reactive ketones (excluding diaryl/α,β-unsaturated/α-hetero) is 1. The summed E-state index contributed by atoms with van der Waals surface area (Å²) >= 11 is 0. The largest absolute Gasteiger partial charge is 0.461 e. The molecule has 0 aromatic carbocycles. The molecule has 0 unspecified atom stereocenters. The molecule has 1 aromatic rings. The lowest BCUT2D eigenvalue weighted by molar-refractivity contribution is -0.298. The molecule has 0 spiro atoms. The summed E-state index contributed by atoms with van der Waals surface area (Å²) in [4.78, 5) is 80.0. The lowest BCUT2D eigenvalue weighted by atomic mass is 9.73. The van der Waals surface area contributed by atoms with Gasteiger partial charge in [0.15, 0.2) is 11.9 Å². The van der Waals surface area contributed by atoms with E-state index >= 15 is 0 Å². The average Bonchev–Trinajstić information content (AvgIpc) is 3.55. The van der Waals surface area contributed by atoms with E-state index in [0.29, 0.717) is 6.42 Å². The van der Waals surface area contributed by atoms with Crippen molar-refractivity contribution >= 4 is 36.0 Å². The number of aromatic nitrogens is 2. The minimum Gasteiger partial charge on any atom is -0.461 e. The van der Waals surface area contributed by atoms with Crippen molar-refractivity contribution in [3.63, 3.8) is 0 Å². The fraction of sp³-hybridized carbons (Fsp3) is 0.723. The molecule has 0 bridgehead atoms. The topological polar surface area (TPSA) is 214 Å². The van der Waals surface area contributed by atoms with Gasteiger partial charge < -0.3 is 49.1 Å². The Balaban J connectivity index is 1.80. The van der Waals surface area contributed by atoms with Crippen molar-refractivity contribution < 1.29 is 57.5 Å². The van der Waals surface area contributed by atoms with Crippen LogP contribution >= 0.6 is 0 Å². The third-order valence-electron chi connectivity index (χ3n) is 12.8. The molecule has 0 radical (unpaired) electrons. The number of hydrogen-bond donors (Lipinski definition) is 3. The summed E-state index contributed by atoms with van der Waals surface area (Å²) in [6, 6.07) is -1.30. The van der Waals surface area contributed by atoms with Crippen molar-refractivity contribution in [1.29, 1.82) is 0 Å². The summed E-state index contributed by atoms with van der Waals surface area (Å²) in [6.45, 7) is 20.9. The molecule has 17 heteroatoms. The van der Waals surface area contributed by atoms with E-state index in [0.717, 1.165) is 11.4 Å². The molecular formula is C47H73N5O12. The van der Waals surface area contributed by atoms with E-state index in [9.17, 15) is 29.1 Å². The molecule has 14 atom stereocenters. The molecule has 17 nitrogen and oxygen atoms in total. The molecule has 1 aromatic heterocycles. The maximum atomic E-state index is 14.6. The van der Waals surface area contributed by atoms with Crippen LogP contribution in [0.15, 0.2) is 30.6 Å². The van der Waals surface area contributed by atoms with Crippen LogP contribution in [0.1, 0.15) is 120 Å². The fourth-order valence-electron chi connectivity index (χ4n) is 9.14. The van der Waals surface area contributed by atoms with Crippen molar-refractivity contribution in [3.05, 3.63) is 42.0 Å². The molecule has 2 amide bonds. The quantitative estimate of drug-likeness (QED) is 0.130. The van der Waals surface area contributed by atoms with Gasteiger partial charge in [0, 0.05) is 54.2 Å². The van der Waals surface area contributed by atoms with Crippen molar-refractivity contribution in [2.24, 2.45) is 29.6 Å². The molecule has 0 saturated carbocycles. The third-order valence-corrected chi connectivity index (χ3v) is 12.8. The Hall–Kier alpha value is -4.45. The van der Waals surface area contributed by atoms with Gasteiger partial charge in [-0.3, -0.25) is 14.4 Å². The first-order valence-corrected chi connectivity index (χ1v) is 22.6. The first-order valence-electron chi connectivity index (χ1n) is 22.6. The number of amides is 2. The summed E-state index contributed by atoms with van der Waals surface area (Å²) in [5.41, 5.74) is -2.38. The molecular weight excluding hydrogens is 827 g/mol. The smallest absolute Gasteiger partial charge is 0.408 e. The SMILES string of the molecule is CC[C@H]1OC(=O)[C@H](C)[C@@H](OC(=O)C(C)C)[C@H](C)[C@@H](O[C@@H]2O[C@H](C)C[C@H](N(C)C)[C@H]2O)[C@](C)(OC(=O)NCC=CC=Cc2cnc(C(C)C)nc2)C[C@@H](C)C(=O)[C@H](C)[C@H]2NC(=O)O[C@@]21C. The van der Waals surface area contributed by atoms with Gasteiger partial charge in [0.05, 0.1) is 24.0 Å². The maximum absolute atomic E-state index is 14.6. The normalized spacial score (nSPS) is 35.5. The molecule has 3 aliphatic rings. The number of alkyl carbamates (subject to hydrolysis) is 2. The summed E-state index contributed by atoms with van der Waals surface area (Å²) < 4.78 is 37.6.